The molecule has 0 aliphatic heterocycles. The fourth-order valence-corrected chi connectivity index (χ4v) is 2.81. The van der Waals surface area contributed by atoms with Crippen LogP contribution in [0.15, 0.2) is 58.8 Å². The summed E-state index contributed by atoms with van der Waals surface area (Å²) in [6, 6.07) is 9.42. The van der Waals surface area contributed by atoms with Gasteiger partial charge in [0.2, 0.25) is 0 Å². The summed E-state index contributed by atoms with van der Waals surface area (Å²) in [7, 11) is 0. The molecule has 2 N–H and O–H groups in total. The van der Waals surface area contributed by atoms with E-state index in [2.05, 4.69) is 25.5 Å². The van der Waals surface area contributed by atoms with Crippen LogP contribution in [0, 0.1) is 0 Å². The topological polar surface area (TPSA) is 79.6 Å². The number of furan rings is 1. The van der Waals surface area contributed by atoms with Crippen LogP contribution in [0.4, 0.5) is 10.9 Å². The van der Waals surface area contributed by atoms with Crippen LogP contribution in [-0.4, -0.2) is 20.2 Å². The number of nitrogens with zero attached hydrogens (tertiary/aromatic N) is 3. The fourth-order valence-electron chi connectivity index (χ4n) is 2.09. The Hall–Kier alpha value is -2.93. The zero-order valence-corrected chi connectivity index (χ0v) is 12.2. The lowest BCUT2D eigenvalue weighted by molar-refractivity contribution is 0.580. The molecule has 0 saturated heterocycles. The Bertz CT molecular complexity index is 866. The van der Waals surface area contributed by atoms with Gasteiger partial charge in [-0.05, 0) is 24.3 Å². The van der Waals surface area contributed by atoms with E-state index in [4.69, 9.17) is 4.42 Å². The van der Waals surface area contributed by atoms with E-state index in [1.165, 1.54) is 11.3 Å². The lowest BCUT2D eigenvalue weighted by Crippen LogP contribution is -1.91. The molecule has 6 nitrogen and oxygen atoms in total. The van der Waals surface area contributed by atoms with Crippen LogP contribution in [-0.2, 0) is 0 Å². The monoisotopic (exact) mass is 309 g/mol. The summed E-state index contributed by atoms with van der Waals surface area (Å²) in [4.78, 5) is 8.81. The van der Waals surface area contributed by atoms with E-state index < -0.39 is 0 Å². The molecule has 0 unspecified atom stereocenters. The first-order chi connectivity index (χ1) is 10.9. The van der Waals surface area contributed by atoms with Crippen molar-refractivity contribution in [2.45, 2.75) is 0 Å². The van der Waals surface area contributed by atoms with Crippen LogP contribution in [0.25, 0.3) is 22.7 Å². The second kappa shape index (κ2) is 5.45. The third-order valence-corrected chi connectivity index (χ3v) is 3.84. The largest absolute Gasteiger partial charge is 0.463 e. The number of pyridine rings is 1. The smallest absolute Gasteiger partial charge is 0.188 e. The van der Waals surface area contributed by atoms with Gasteiger partial charge >= 0.3 is 0 Å². The highest BCUT2D eigenvalue weighted by Crippen LogP contribution is 2.32. The summed E-state index contributed by atoms with van der Waals surface area (Å²) in [6.45, 7) is 0. The minimum atomic E-state index is 0.736. The van der Waals surface area contributed by atoms with Crippen LogP contribution in [0.2, 0.25) is 0 Å². The maximum absolute atomic E-state index is 5.42. The standard InChI is InChI=1S/C15H11N5OS/c1-2-6-16-13(5-1)19-15-18-11(9-22-15)10-8-17-20-14(10)12-4-3-7-21-12/h1-9H,(H,17,20)(H,16,18,19). The van der Waals surface area contributed by atoms with E-state index in [-0.39, 0.29) is 0 Å². The van der Waals surface area contributed by atoms with Crippen LogP contribution in [0.1, 0.15) is 0 Å². The molecule has 0 bridgehead atoms. The van der Waals surface area contributed by atoms with Gasteiger partial charge in [0.25, 0.3) is 0 Å². The molecule has 0 radical (unpaired) electrons. The molecule has 22 heavy (non-hydrogen) atoms. The van der Waals surface area contributed by atoms with Gasteiger partial charge in [-0.1, -0.05) is 6.07 Å². The van der Waals surface area contributed by atoms with Crippen LogP contribution in [0.3, 0.4) is 0 Å². The van der Waals surface area contributed by atoms with Gasteiger partial charge < -0.3 is 9.73 Å². The summed E-state index contributed by atoms with van der Waals surface area (Å²) < 4.78 is 5.42. The highest BCUT2D eigenvalue weighted by molar-refractivity contribution is 7.14. The third kappa shape index (κ3) is 2.38. The Labute approximate surface area is 129 Å². The molecule has 0 aromatic carbocycles. The van der Waals surface area contributed by atoms with Gasteiger partial charge in [-0.25, -0.2) is 9.97 Å². The highest BCUT2D eigenvalue weighted by Gasteiger charge is 2.15. The molecule has 0 amide bonds. The summed E-state index contributed by atoms with van der Waals surface area (Å²) in [5, 5.41) is 13.0. The molecule has 0 aliphatic carbocycles. The molecule has 108 valence electrons. The Morgan fingerprint density at radius 1 is 1.18 bits per heavy atom. The SMILES string of the molecule is c1ccc(Nc2nc(-c3cn[nH]c3-c3ccco3)cs2)nc1. The Kier molecular flexibility index (Phi) is 3.17. The van der Waals surface area contributed by atoms with Crippen molar-refractivity contribution in [2.24, 2.45) is 0 Å². The number of thiazole rings is 1. The van der Waals surface area contributed by atoms with Crippen molar-refractivity contribution in [2.75, 3.05) is 5.32 Å². The molecule has 0 saturated carbocycles. The quantitative estimate of drug-likeness (QED) is 0.597. The highest BCUT2D eigenvalue weighted by atomic mass is 32.1. The number of rotatable bonds is 4. The molecule has 0 spiro atoms. The minimum Gasteiger partial charge on any atom is -0.463 e. The average Bonchev–Trinajstić information content (AvgIpc) is 3.29. The molecular weight excluding hydrogens is 298 g/mol. The maximum atomic E-state index is 5.42. The van der Waals surface area contributed by atoms with Crippen molar-refractivity contribution in [1.82, 2.24) is 20.2 Å². The lowest BCUT2D eigenvalue weighted by atomic mass is 10.2. The van der Waals surface area contributed by atoms with Gasteiger partial charge in [0.15, 0.2) is 10.9 Å². The lowest BCUT2D eigenvalue weighted by Gasteiger charge is -1.99. The predicted octanol–water partition coefficient (Wildman–Crippen LogP) is 3.93. The van der Waals surface area contributed by atoms with E-state index in [1.54, 1.807) is 18.7 Å². The Balaban J connectivity index is 1.64. The van der Waals surface area contributed by atoms with Gasteiger partial charge in [0.05, 0.1) is 23.7 Å². The van der Waals surface area contributed by atoms with Crippen molar-refractivity contribution in [3.05, 3.63) is 54.4 Å². The molecule has 0 aliphatic rings. The number of nitrogens with one attached hydrogen (secondary N) is 2. The van der Waals surface area contributed by atoms with Crippen molar-refractivity contribution in [3.63, 3.8) is 0 Å². The molecule has 4 rings (SSSR count). The maximum Gasteiger partial charge on any atom is 0.188 e. The minimum absolute atomic E-state index is 0.736. The van der Waals surface area contributed by atoms with E-state index in [0.717, 1.165) is 33.7 Å². The second-order valence-electron chi connectivity index (χ2n) is 4.51. The molecular formula is C15H11N5OS. The normalized spacial score (nSPS) is 10.7. The number of aromatic nitrogens is 4. The van der Waals surface area contributed by atoms with Gasteiger partial charge in [0, 0.05) is 11.6 Å². The van der Waals surface area contributed by atoms with E-state index >= 15 is 0 Å². The fraction of sp³-hybridized carbons (Fsp3) is 0. The van der Waals surface area contributed by atoms with E-state index in [9.17, 15) is 0 Å². The first kappa shape index (κ1) is 12.8. The van der Waals surface area contributed by atoms with Crippen molar-refractivity contribution in [1.29, 1.82) is 0 Å². The Morgan fingerprint density at radius 3 is 3.00 bits per heavy atom. The summed E-state index contributed by atoms with van der Waals surface area (Å²) in [6.07, 6.45) is 5.12. The van der Waals surface area contributed by atoms with E-state index in [1.807, 2.05) is 35.7 Å². The van der Waals surface area contributed by atoms with Gasteiger partial charge in [-0.3, -0.25) is 5.10 Å². The zero-order valence-electron chi connectivity index (χ0n) is 11.4. The van der Waals surface area contributed by atoms with Crippen LogP contribution in [0.5, 0.6) is 0 Å². The summed E-state index contributed by atoms with van der Waals surface area (Å²) >= 11 is 1.51. The summed E-state index contributed by atoms with van der Waals surface area (Å²) in [5.41, 5.74) is 2.56. The molecule has 7 heteroatoms. The zero-order chi connectivity index (χ0) is 14.8. The van der Waals surface area contributed by atoms with Crippen LogP contribution < -0.4 is 5.32 Å². The molecule has 4 aromatic rings. The number of anilines is 2. The second-order valence-corrected chi connectivity index (χ2v) is 5.37. The average molecular weight is 309 g/mol. The van der Waals surface area contributed by atoms with Crippen molar-refractivity contribution < 1.29 is 4.42 Å². The number of H-pyrrole nitrogens is 1. The van der Waals surface area contributed by atoms with Crippen LogP contribution >= 0.6 is 11.3 Å². The number of aromatic amines is 1. The molecule has 4 aromatic heterocycles. The van der Waals surface area contributed by atoms with Crippen molar-refractivity contribution in [3.8, 4) is 22.7 Å². The van der Waals surface area contributed by atoms with Crippen molar-refractivity contribution >= 4 is 22.3 Å². The molecule has 0 atom stereocenters. The first-order valence-electron chi connectivity index (χ1n) is 6.61. The molecule has 0 fully saturated rings. The van der Waals surface area contributed by atoms with Gasteiger partial charge in [-0.2, -0.15) is 5.10 Å². The van der Waals surface area contributed by atoms with Gasteiger partial charge in [0.1, 0.15) is 11.5 Å². The first-order valence-corrected chi connectivity index (χ1v) is 7.49. The predicted molar refractivity (Wildman–Crippen MR) is 84.9 cm³/mol. The Morgan fingerprint density at radius 2 is 2.18 bits per heavy atom. The third-order valence-electron chi connectivity index (χ3n) is 3.09. The van der Waals surface area contributed by atoms with Gasteiger partial charge in [-0.15, -0.1) is 11.3 Å². The number of hydrogen-bond donors (Lipinski definition) is 2. The molecule has 4 heterocycles. The number of hydrogen-bond acceptors (Lipinski definition) is 6. The van der Waals surface area contributed by atoms with E-state index in [0.29, 0.717) is 0 Å². The summed E-state index contributed by atoms with van der Waals surface area (Å²) in [5.74, 6) is 1.50.